The molecule has 1 heterocycles. The predicted octanol–water partition coefficient (Wildman–Crippen LogP) is 3.56. The second kappa shape index (κ2) is 5.66. The molecule has 4 nitrogen and oxygen atoms in total. The monoisotopic (exact) mass is 303 g/mol. The molecule has 0 aromatic heterocycles. The van der Waals surface area contributed by atoms with Crippen molar-refractivity contribution < 1.29 is 14.3 Å². The van der Waals surface area contributed by atoms with E-state index in [4.69, 9.17) is 21.1 Å². The second-order valence-corrected chi connectivity index (χ2v) is 5.19. The van der Waals surface area contributed by atoms with Crippen LogP contribution in [-0.4, -0.2) is 12.7 Å². The first-order valence-electron chi connectivity index (χ1n) is 6.60. The molecule has 2 aromatic rings. The number of halogens is 1. The molecule has 0 fully saturated rings. The zero-order valence-corrected chi connectivity index (χ0v) is 12.2. The van der Waals surface area contributed by atoms with Gasteiger partial charge >= 0.3 is 0 Å². The zero-order valence-electron chi connectivity index (χ0n) is 11.4. The van der Waals surface area contributed by atoms with Gasteiger partial charge in [-0.25, -0.2) is 0 Å². The van der Waals surface area contributed by atoms with Gasteiger partial charge in [0, 0.05) is 0 Å². The lowest BCUT2D eigenvalue weighted by molar-refractivity contribution is 0.0940. The first kappa shape index (κ1) is 13.8. The van der Waals surface area contributed by atoms with E-state index in [1.807, 2.05) is 25.1 Å². The molecule has 1 aliphatic rings. The Kier molecular flexibility index (Phi) is 3.71. The fourth-order valence-electron chi connectivity index (χ4n) is 2.19. The van der Waals surface area contributed by atoms with Gasteiger partial charge in [0.25, 0.3) is 5.91 Å². The summed E-state index contributed by atoms with van der Waals surface area (Å²) in [5.41, 5.74) is 1.41. The molecule has 1 N–H and O–H groups in total. The Morgan fingerprint density at radius 2 is 1.95 bits per heavy atom. The average molecular weight is 304 g/mol. The van der Waals surface area contributed by atoms with Gasteiger partial charge in [-0.1, -0.05) is 29.8 Å². The van der Waals surface area contributed by atoms with Crippen molar-refractivity contribution in [2.75, 3.05) is 6.79 Å². The van der Waals surface area contributed by atoms with E-state index in [1.165, 1.54) is 0 Å². The standard InChI is InChI=1S/C16H14ClNO3/c1-10(11-6-7-14-15(8-11)21-9-20-14)18-16(19)12-4-2-3-5-13(12)17/h2-8,10H,9H2,1H3,(H,18,19)/t10-/m0/s1. The molecule has 3 rings (SSSR count). The second-order valence-electron chi connectivity index (χ2n) is 4.79. The van der Waals surface area contributed by atoms with E-state index in [9.17, 15) is 4.79 Å². The minimum absolute atomic E-state index is 0.164. The third-order valence-electron chi connectivity index (χ3n) is 3.36. The van der Waals surface area contributed by atoms with Crippen LogP contribution in [-0.2, 0) is 0 Å². The van der Waals surface area contributed by atoms with Crippen molar-refractivity contribution in [2.45, 2.75) is 13.0 Å². The van der Waals surface area contributed by atoms with Crippen LogP contribution in [0.3, 0.4) is 0 Å². The minimum atomic E-state index is -0.203. The Bertz CT molecular complexity index is 687. The summed E-state index contributed by atoms with van der Waals surface area (Å²) >= 11 is 6.03. The summed E-state index contributed by atoms with van der Waals surface area (Å²) < 4.78 is 10.6. The van der Waals surface area contributed by atoms with Crippen LogP contribution in [0.5, 0.6) is 11.5 Å². The van der Waals surface area contributed by atoms with Crippen molar-refractivity contribution in [2.24, 2.45) is 0 Å². The number of carbonyl (C=O) groups is 1. The van der Waals surface area contributed by atoms with Crippen LogP contribution >= 0.6 is 11.6 Å². The molecule has 0 radical (unpaired) electrons. The quantitative estimate of drug-likeness (QED) is 0.943. The first-order valence-corrected chi connectivity index (χ1v) is 6.98. The van der Waals surface area contributed by atoms with Gasteiger partial charge in [-0.3, -0.25) is 4.79 Å². The third-order valence-corrected chi connectivity index (χ3v) is 3.69. The van der Waals surface area contributed by atoms with Gasteiger partial charge in [0.1, 0.15) is 0 Å². The molecule has 0 spiro atoms. The summed E-state index contributed by atoms with van der Waals surface area (Å²) in [5.74, 6) is 1.22. The molecule has 1 amide bonds. The van der Waals surface area contributed by atoms with Crippen LogP contribution < -0.4 is 14.8 Å². The highest BCUT2D eigenvalue weighted by molar-refractivity contribution is 6.33. The number of benzene rings is 2. The summed E-state index contributed by atoms with van der Waals surface area (Å²) in [7, 11) is 0. The molecule has 108 valence electrons. The molecule has 0 unspecified atom stereocenters. The van der Waals surface area contributed by atoms with Crippen molar-refractivity contribution in [3.63, 3.8) is 0 Å². The molecular formula is C16H14ClNO3. The first-order chi connectivity index (χ1) is 10.1. The lowest BCUT2D eigenvalue weighted by Gasteiger charge is -2.15. The van der Waals surface area contributed by atoms with Crippen LogP contribution in [0.1, 0.15) is 28.9 Å². The highest BCUT2D eigenvalue weighted by Gasteiger charge is 2.18. The Morgan fingerprint density at radius 1 is 1.19 bits per heavy atom. The number of nitrogens with one attached hydrogen (secondary N) is 1. The molecule has 21 heavy (non-hydrogen) atoms. The zero-order chi connectivity index (χ0) is 14.8. The van der Waals surface area contributed by atoms with Crippen molar-refractivity contribution >= 4 is 17.5 Å². The maximum absolute atomic E-state index is 12.2. The largest absolute Gasteiger partial charge is 0.454 e. The van der Waals surface area contributed by atoms with Crippen molar-refractivity contribution in [1.29, 1.82) is 0 Å². The topological polar surface area (TPSA) is 47.6 Å². The van der Waals surface area contributed by atoms with E-state index in [0.717, 1.165) is 11.3 Å². The molecule has 0 bridgehead atoms. The molecule has 1 aliphatic heterocycles. The number of rotatable bonds is 3. The summed E-state index contributed by atoms with van der Waals surface area (Å²) in [4.78, 5) is 12.2. The van der Waals surface area contributed by atoms with Crippen LogP contribution in [0.15, 0.2) is 42.5 Å². The van der Waals surface area contributed by atoms with Crippen molar-refractivity contribution in [1.82, 2.24) is 5.32 Å². The van der Waals surface area contributed by atoms with Gasteiger partial charge in [0.2, 0.25) is 6.79 Å². The van der Waals surface area contributed by atoms with Gasteiger partial charge in [-0.05, 0) is 36.8 Å². The van der Waals surface area contributed by atoms with Gasteiger partial charge in [-0.15, -0.1) is 0 Å². The summed E-state index contributed by atoms with van der Waals surface area (Å²) in [6.07, 6.45) is 0. The molecule has 5 heteroatoms. The Balaban J connectivity index is 1.76. The Morgan fingerprint density at radius 3 is 2.76 bits per heavy atom. The third kappa shape index (κ3) is 2.81. The molecule has 2 aromatic carbocycles. The number of fused-ring (bicyclic) bond motifs is 1. The van der Waals surface area contributed by atoms with Crippen LogP contribution in [0.25, 0.3) is 0 Å². The van der Waals surface area contributed by atoms with E-state index in [-0.39, 0.29) is 18.7 Å². The summed E-state index contributed by atoms with van der Waals surface area (Å²) in [6, 6.07) is 12.4. The Hall–Kier alpha value is -2.20. The van der Waals surface area contributed by atoms with Gasteiger partial charge in [0.15, 0.2) is 11.5 Å². The van der Waals surface area contributed by atoms with Crippen LogP contribution in [0, 0.1) is 0 Å². The van der Waals surface area contributed by atoms with Crippen molar-refractivity contribution in [3.05, 3.63) is 58.6 Å². The number of ether oxygens (including phenoxy) is 2. The molecular weight excluding hydrogens is 290 g/mol. The van der Waals surface area contributed by atoms with Gasteiger partial charge < -0.3 is 14.8 Å². The number of hydrogen-bond acceptors (Lipinski definition) is 3. The number of amides is 1. The normalized spacial score (nSPS) is 13.8. The highest BCUT2D eigenvalue weighted by atomic mass is 35.5. The predicted molar refractivity (Wildman–Crippen MR) is 79.9 cm³/mol. The number of hydrogen-bond donors (Lipinski definition) is 1. The number of carbonyl (C=O) groups excluding carboxylic acids is 1. The van der Waals surface area contributed by atoms with E-state index in [1.54, 1.807) is 24.3 Å². The Labute approximate surface area is 127 Å². The molecule has 1 atom stereocenters. The fourth-order valence-corrected chi connectivity index (χ4v) is 2.41. The maximum atomic E-state index is 12.2. The van der Waals surface area contributed by atoms with E-state index < -0.39 is 0 Å². The van der Waals surface area contributed by atoms with Gasteiger partial charge in [-0.2, -0.15) is 0 Å². The summed E-state index contributed by atoms with van der Waals surface area (Å²) in [6.45, 7) is 2.14. The van der Waals surface area contributed by atoms with E-state index in [0.29, 0.717) is 16.3 Å². The average Bonchev–Trinajstić information content (AvgIpc) is 2.94. The lowest BCUT2D eigenvalue weighted by atomic mass is 10.1. The smallest absolute Gasteiger partial charge is 0.253 e. The molecule has 0 aliphatic carbocycles. The van der Waals surface area contributed by atoms with Gasteiger partial charge in [0.05, 0.1) is 16.6 Å². The maximum Gasteiger partial charge on any atom is 0.253 e. The fraction of sp³-hybridized carbons (Fsp3) is 0.188. The van der Waals surface area contributed by atoms with E-state index in [2.05, 4.69) is 5.32 Å². The van der Waals surface area contributed by atoms with Crippen LogP contribution in [0.4, 0.5) is 0 Å². The summed E-state index contributed by atoms with van der Waals surface area (Å²) in [5, 5.41) is 3.36. The minimum Gasteiger partial charge on any atom is -0.454 e. The SMILES string of the molecule is C[C@H](NC(=O)c1ccccc1Cl)c1ccc2c(c1)OCO2. The molecule has 0 saturated carbocycles. The van der Waals surface area contributed by atoms with Crippen LogP contribution in [0.2, 0.25) is 5.02 Å². The lowest BCUT2D eigenvalue weighted by Crippen LogP contribution is -2.26. The highest BCUT2D eigenvalue weighted by Crippen LogP contribution is 2.34. The molecule has 0 saturated heterocycles. The van der Waals surface area contributed by atoms with E-state index >= 15 is 0 Å². The van der Waals surface area contributed by atoms with Crippen molar-refractivity contribution in [3.8, 4) is 11.5 Å².